The highest BCUT2D eigenvalue weighted by Crippen LogP contribution is 2.47. The maximum Gasteiger partial charge on any atom is 0.436 e. The summed E-state index contributed by atoms with van der Waals surface area (Å²) in [6.45, 7) is 4.56. The average Bonchev–Trinajstić information content (AvgIpc) is 3.38. The Bertz CT molecular complexity index is 1070. The molecule has 0 aromatic carbocycles. The summed E-state index contributed by atoms with van der Waals surface area (Å²) >= 11 is 6.90. The number of nitrogens with one attached hydrogen (secondary N) is 1. The number of alkyl halides is 3. The summed E-state index contributed by atoms with van der Waals surface area (Å²) in [5, 5.41) is 5.91. The predicted molar refractivity (Wildman–Crippen MR) is 112 cm³/mol. The monoisotopic (exact) mass is 491 g/mol. The lowest BCUT2D eigenvalue weighted by atomic mass is 10.1. The summed E-state index contributed by atoms with van der Waals surface area (Å²) in [7, 11) is 0. The number of aryl methyl sites for hydroxylation is 1. The summed E-state index contributed by atoms with van der Waals surface area (Å²) in [6, 6.07) is 0. The van der Waals surface area contributed by atoms with Crippen LogP contribution in [0.25, 0.3) is 0 Å². The van der Waals surface area contributed by atoms with E-state index in [0.29, 0.717) is 23.3 Å². The lowest BCUT2D eigenvalue weighted by Gasteiger charge is -2.09. The number of ketones is 1. The molecule has 2 heterocycles. The molecule has 0 saturated heterocycles. The first kappa shape index (κ1) is 24.2. The van der Waals surface area contributed by atoms with E-state index in [2.05, 4.69) is 10.4 Å². The van der Waals surface area contributed by atoms with Crippen LogP contribution >= 0.6 is 22.9 Å². The third-order valence-corrected chi connectivity index (χ3v) is 6.59. The highest BCUT2D eigenvalue weighted by atomic mass is 35.5. The van der Waals surface area contributed by atoms with Gasteiger partial charge in [-0.25, -0.2) is 4.79 Å². The Kier molecular flexibility index (Phi) is 6.99. The quantitative estimate of drug-likeness (QED) is 0.404. The number of hydrogen-bond acceptors (Lipinski definition) is 6. The number of anilines is 1. The second kappa shape index (κ2) is 9.22. The molecule has 3 rings (SSSR count). The van der Waals surface area contributed by atoms with Crippen molar-refractivity contribution < 1.29 is 32.3 Å². The van der Waals surface area contributed by atoms with Crippen LogP contribution in [0.2, 0.25) is 5.02 Å². The van der Waals surface area contributed by atoms with Gasteiger partial charge in [0.1, 0.15) is 5.00 Å². The minimum absolute atomic E-state index is 0.0931. The molecule has 2 aromatic heterocycles. The number of nitrogens with zero attached hydrogens (tertiary/aromatic N) is 2. The summed E-state index contributed by atoms with van der Waals surface area (Å²) in [6.07, 6.45) is -3.48. The molecule has 1 aliphatic carbocycles. The molecular formula is C20H21ClF3N3O4S. The Labute approximate surface area is 190 Å². The van der Waals surface area contributed by atoms with Gasteiger partial charge in [-0.2, -0.15) is 18.3 Å². The van der Waals surface area contributed by atoms with Gasteiger partial charge in [-0.05, 0) is 39.2 Å². The normalized spacial score (nSPS) is 13.8. The standard InChI is InChI=1S/C20H21ClF3N3O4S/c1-4-31-19(30)13-9(2)16(10(3)28)32-18(13)25-12(29)7-8-27-15(11-5-6-11)14(21)17(26-27)20(22,23)24/h11H,4-8H2,1-3H3,(H,25,29). The number of thiophene rings is 1. The van der Waals surface area contributed by atoms with Gasteiger partial charge in [0.05, 0.1) is 34.3 Å². The third-order valence-electron chi connectivity index (χ3n) is 4.91. The van der Waals surface area contributed by atoms with E-state index >= 15 is 0 Å². The van der Waals surface area contributed by atoms with Crippen LogP contribution in [0.15, 0.2) is 0 Å². The van der Waals surface area contributed by atoms with E-state index in [9.17, 15) is 27.6 Å². The maximum atomic E-state index is 13.2. The smallest absolute Gasteiger partial charge is 0.436 e. The fourth-order valence-corrected chi connectivity index (χ4v) is 4.84. The lowest BCUT2D eigenvalue weighted by Crippen LogP contribution is -2.18. The molecular weight excluding hydrogens is 471 g/mol. The molecule has 1 saturated carbocycles. The zero-order valence-electron chi connectivity index (χ0n) is 17.6. The van der Waals surface area contributed by atoms with Crippen molar-refractivity contribution in [1.29, 1.82) is 0 Å². The number of halogens is 4. The van der Waals surface area contributed by atoms with E-state index in [1.807, 2.05) is 0 Å². The van der Waals surface area contributed by atoms with E-state index in [1.54, 1.807) is 13.8 Å². The molecule has 1 N–H and O–H groups in total. The van der Waals surface area contributed by atoms with Crippen LogP contribution in [0.3, 0.4) is 0 Å². The number of rotatable bonds is 8. The van der Waals surface area contributed by atoms with Gasteiger partial charge >= 0.3 is 12.1 Å². The van der Waals surface area contributed by atoms with Crippen LogP contribution in [0.5, 0.6) is 0 Å². The summed E-state index contributed by atoms with van der Waals surface area (Å²) in [5.41, 5.74) is -0.382. The number of aromatic nitrogens is 2. The van der Waals surface area contributed by atoms with E-state index in [0.717, 1.165) is 16.0 Å². The Morgan fingerprint density at radius 2 is 1.97 bits per heavy atom. The molecule has 7 nitrogen and oxygen atoms in total. The molecule has 1 amide bonds. The molecule has 2 aromatic rings. The second-order valence-corrected chi connectivity index (χ2v) is 8.78. The molecule has 12 heteroatoms. The molecule has 32 heavy (non-hydrogen) atoms. The van der Waals surface area contributed by atoms with Crippen molar-refractivity contribution in [3.05, 3.63) is 32.4 Å². The molecule has 0 atom stereocenters. The molecule has 174 valence electrons. The first-order valence-electron chi connectivity index (χ1n) is 9.90. The molecule has 0 radical (unpaired) electrons. The van der Waals surface area contributed by atoms with Crippen LogP contribution in [0, 0.1) is 6.92 Å². The average molecular weight is 492 g/mol. The largest absolute Gasteiger partial charge is 0.462 e. The Hall–Kier alpha value is -2.40. The van der Waals surface area contributed by atoms with E-state index in [4.69, 9.17) is 16.3 Å². The van der Waals surface area contributed by atoms with Crippen molar-refractivity contribution in [2.75, 3.05) is 11.9 Å². The van der Waals surface area contributed by atoms with Crippen molar-refractivity contribution in [2.45, 2.75) is 58.7 Å². The van der Waals surface area contributed by atoms with Gasteiger partial charge in [-0.3, -0.25) is 14.3 Å². The fourth-order valence-electron chi connectivity index (χ4n) is 3.33. The van der Waals surface area contributed by atoms with Crippen molar-refractivity contribution in [2.24, 2.45) is 0 Å². The minimum atomic E-state index is -4.69. The van der Waals surface area contributed by atoms with E-state index < -0.39 is 28.8 Å². The fraction of sp³-hybridized carbons (Fsp3) is 0.500. The number of esters is 1. The SMILES string of the molecule is CCOC(=O)c1c(NC(=O)CCn2nc(C(F)(F)F)c(Cl)c2C2CC2)sc(C(C)=O)c1C. The first-order chi connectivity index (χ1) is 15.0. The van der Waals surface area contributed by atoms with Crippen LogP contribution in [0.4, 0.5) is 18.2 Å². The first-order valence-corrected chi connectivity index (χ1v) is 11.1. The summed E-state index contributed by atoms with van der Waals surface area (Å²) < 4.78 is 45.7. The molecule has 0 spiro atoms. The van der Waals surface area contributed by atoms with Crippen molar-refractivity contribution in [3.63, 3.8) is 0 Å². The van der Waals surface area contributed by atoms with E-state index in [1.165, 1.54) is 6.92 Å². The molecule has 1 aliphatic rings. The zero-order valence-corrected chi connectivity index (χ0v) is 19.1. The number of amides is 1. The number of Topliss-reactive ketones (excluding diaryl/α,β-unsaturated/α-hetero) is 1. The highest BCUT2D eigenvalue weighted by Gasteiger charge is 2.42. The van der Waals surface area contributed by atoms with Gasteiger partial charge in [-0.15, -0.1) is 11.3 Å². The Morgan fingerprint density at radius 1 is 1.31 bits per heavy atom. The van der Waals surface area contributed by atoms with Crippen molar-refractivity contribution in [3.8, 4) is 0 Å². The summed E-state index contributed by atoms with van der Waals surface area (Å²) in [4.78, 5) is 37.1. The molecule has 0 unspecified atom stereocenters. The number of ether oxygens (including phenoxy) is 1. The Balaban J connectivity index is 1.80. The van der Waals surface area contributed by atoms with Crippen molar-refractivity contribution in [1.82, 2.24) is 9.78 Å². The molecule has 0 aliphatic heterocycles. The van der Waals surface area contributed by atoms with Gasteiger partial charge in [0.15, 0.2) is 11.5 Å². The highest BCUT2D eigenvalue weighted by molar-refractivity contribution is 7.18. The van der Waals surface area contributed by atoms with Crippen molar-refractivity contribution >= 4 is 45.6 Å². The van der Waals surface area contributed by atoms with Gasteiger partial charge in [0.2, 0.25) is 5.91 Å². The van der Waals surface area contributed by atoms with Gasteiger partial charge in [-0.1, -0.05) is 11.6 Å². The Morgan fingerprint density at radius 3 is 2.50 bits per heavy atom. The summed E-state index contributed by atoms with van der Waals surface area (Å²) in [5.74, 6) is -1.59. The van der Waals surface area contributed by atoms with Crippen LogP contribution in [-0.4, -0.2) is 34.0 Å². The van der Waals surface area contributed by atoms with Crippen LogP contribution < -0.4 is 5.32 Å². The number of hydrogen-bond donors (Lipinski definition) is 1. The zero-order chi connectivity index (χ0) is 23.8. The molecule has 1 fully saturated rings. The van der Waals surface area contributed by atoms with Crippen LogP contribution in [0.1, 0.15) is 76.0 Å². The van der Waals surface area contributed by atoms with Gasteiger partial charge < -0.3 is 10.1 Å². The second-order valence-electron chi connectivity index (χ2n) is 7.38. The topological polar surface area (TPSA) is 90.3 Å². The lowest BCUT2D eigenvalue weighted by molar-refractivity contribution is -0.141. The van der Waals surface area contributed by atoms with E-state index in [-0.39, 0.29) is 47.5 Å². The van der Waals surface area contributed by atoms with Crippen LogP contribution in [-0.2, 0) is 22.3 Å². The number of carbonyl (C=O) groups excluding carboxylic acids is 3. The molecule has 0 bridgehead atoms. The maximum absolute atomic E-state index is 13.2. The third kappa shape index (κ3) is 4.98. The minimum Gasteiger partial charge on any atom is -0.462 e. The number of carbonyl (C=O) groups is 3. The van der Waals surface area contributed by atoms with Gasteiger partial charge in [0.25, 0.3) is 0 Å². The van der Waals surface area contributed by atoms with Gasteiger partial charge in [0, 0.05) is 12.3 Å². The predicted octanol–water partition coefficient (Wildman–Crippen LogP) is 5.21.